The minimum Gasteiger partial charge on any atom is -0.493 e. The SMILES string of the molecule is COCCOc1cc([N+](=O)[O-])c(C(=O)Nc2cccc(Cl)c2C)cc1OC. The van der Waals surface area contributed by atoms with Crippen LogP contribution < -0.4 is 14.8 Å². The minimum absolute atomic E-state index is 0.150. The molecule has 0 saturated carbocycles. The number of carbonyl (C=O) groups is 1. The molecule has 0 unspecified atom stereocenters. The van der Waals surface area contributed by atoms with E-state index in [1.165, 1.54) is 20.3 Å². The molecule has 144 valence electrons. The zero-order valence-corrected chi connectivity index (χ0v) is 15.8. The Kier molecular flexibility index (Phi) is 6.98. The largest absolute Gasteiger partial charge is 0.493 e. The van der Waals surface area contributed by atoms with Gasteiger partial charge in [0.25, 0.3) is 11.6 Å². The highest BCUT2D eigenvalue weighted by atomic mass is 35.5. The minimum atomic E-state index is -0.659. The number of nitrogens with zero attached hydrogens (tertiary/aromatic N) is 1. The summed E-state index contributed by atoms with van der Waals surface area (Å²) in [5, 5.41) is 14.6. The zero-order chi connectivity index (χ0) is 20.0. The molecule has 0 fully saturated rings. The predicted octanol–water partition coefficient (Wildman–Crippen LogP) is 3.84. The van der Waals surface area contributed by atoms with Gasteiger partial charge in [-0.05, 0) is 24.6 Å². The molecular formula is C18H19ClN2O6. The summed E-state index contributed by atoms with van der Waals surface area (Å²) in [5.41, 5.74) is 0.554. The van der Waals surface area contributed by atoms with Crippen molar-refractivity contribution in [2.75, 3.05) is 32.8 Å². The molecule has 0 atom stereocenters. The zero-order valence-electron chi connectivity index (χ0n) is 15.1. The summed E-state index contributed by atoms with van der Waals surface area (Å²) in [6.07, 6.45) is 0. The molecule has 0 aliphatic rings. The fourth-order valence-electron chi connectivity index (χ4n) is 2.32. The molecule has 0 spiro atoms. The molecule has 8 nitrogen and oxygen atoms in total. The van der Waals surface area contributed by atoms with Crippen molar-refractivity contribution in [2.45, 2.75) is 6.92 Å². The molecule has 0 heterocycles. The van der Waals surface area contributed by atoms with Crippen molar-refractivity contribution in [3.8, 4) is 11.5 Å². The van der Waals surface area contributed by atoms with E-state index in [1.54, 1.807) is 25.1 Å². The molecule has 0 saturated heterocycles. The lowest BCUT2D eigenvalue weighted by atomic mass is 10.1. The van der Waals surface area contributed by atoms with Crippen molar-refractivity contribution in [1.82, 2.24) is 0 Å². The van der Waals surface area contributed by atoms with Gasteiger partial charge in [0.05, 0.1) is 24.7 Å². The number of ether oxygens (including phenoxy) is 3. The number of carbonyl (C=O) groups excluding carboxylic acids is 1. The van der Waals surface area contributed by atoms with E-state index < -0.39 is 16.5 Å². The molecule has 0 aliphatic carbocycles. The Labute approximate surface area is 161 Å². The van der Waals surface area contributed by atoms with E-state index in [0.29, 0.717) is 22.9 Å². The van der Waals surface area contributed by atoms with E-state index in [0.717, 1.165) is 6.07 Å². The number of halogens is 1. The highest BCUT2D eigenvalue weighted by Gasteiger charge is 2.25. The lowest BCUT2D eigenvalue weighted by Crippen LogP contribution is -2.15. The molecule has 2 rings (SSSR count). The molecule has 2 aromatic rings. The van der Waals surface area contributed by atoms with Crippen molar-refractivity contribution < 1.29 is 23.9 Å². The van der Waals surface area contributed by atoms with Crippen LogP contribution in [-0.2, 0) is 4.74 Å². The maximum absolute atomic E-state index is 12.7. The van der Waals surface area contributed by atoms with Crippen molar-refractivity contribution in [1.29, 1.82) is 0 Å². The Bertz CT molecular complexity index is 856. The third kappa shape index (κ3) is 4.87. The number of benzene rings is 2. The van der Waals surface area contributed by atoms with E-state index in [1.807, 2.05) is 0 Å². The molecule has 9 heteroatoms. The van der Waals surface area contributed by atoms with Crippen LogP contribution in [0.2, 0.25) is 5.02 Å². The molecule has 27 heavy (non-hydrogen) atoms. The van der Waals surface area contributed by atoms with Crippen LogP contribution in [0.1, 0.15) is 15.9 Å². The summed E-state index contributed by atoms with van der Waals surface area (Å²) in [5.74, 6) is -0.310. The van der Waals surface area contributed by atoms with Gasteiger partial charge < -0.3 is 19.5 Å². The number of amides is 1. The van der Waals surface area contributed by atoms with Gasteiger partial charge >= 0.3 is 0 Å². The van der Waals surface area contributed by atoms with Crippen LogP contribution in [0.3, 0.4) is 0 Å². The number of hydrogen-bond donors (Lipinski definition) is 1. The molecule has 0 aromatic heterocycles. The van der Waals surface area contributed by atoms with Crippen LogP contribution in [0.25, 0.3) is 0 Å². The highest BCUT2D eigenvalue weighted by Crippen LogP contribution is 2.35. The number of nitro benzene ring substituents is 1. The summed E-state index contributed by atoms with van der Waals surface area (Å²) in [6.45, 7) is 2.21. The van der Waals surface area contributed by atoms with Crippen molar-refractivity contribution in [3.05, 3.63) is 56.6 Å². The fourth-order valence-corrected chi connectivity index (χ4v) is 2.50. The van der Waals surface area contributed by atoms with E-state index >= 15 is 0 Å². The smallest absolute Gasteiger partial charge is 0.286 e. The molecule has 2 aromatic carbocycles. The van der Waals surface area contributed by atoms with Crippen molar-refractivity contribution in [3.63, 3.8) is 0 Å². The number of nitrogens with one attached hydrogen (secondary N) is 1. The summed E-state index contributed by atoms with van der Waals surface area (Å²) >= 11 is 6.05. The van der Waals surface area contributed by atoms with E-state index in [9.17, 15) is 14.9 Å². The average Bonchev–Trinajstić information content (AvgIpc) is 2.65. The standard InChI is InChI=1S/C18H19ClN2O6/c1-11-13(19)5-4-6-14(11)20-18(22)12-9-16(26-3)17(27-8-7-25-2)10-15(12)21(23)24/h4-6,9-10H,7-8H2,1-3H3,(H,20,22). The number of hydrogen-bond acceptors (Lipinski definition) is 6. The van der Waals surface area contributed by atoms with E-state index in [-0.39, 0.29) is 23.7 Å². The maximum atomic E-state index is 12.7. The van der Waals surface area contributed by atoms with Gasteiger partial charge in [0.2, 0.25) is 0 Å². The van der Waals surface area contributed by atoms with Gasteiger partial charge in [-0.3, -0.25) is 14.9 Å². The predicted molar refractivity (Wildman–Crippen MR) is 101 cm³/mol. The topological polar surface area (TPSA) is 99.9 Å². The quantitative estimate of drug-likeness (QED) is 0.414. The first-order valence-electron chi connectivity index (χ1n) is 7.93. The first kappa shape index (κ1) is 20.5. The Morgan fingerprint density at radius 2 is 1.96 bits per heavy atom. The van der Waals surface area contributed by atoms with Gasteiger partial charge in [-0.2, -0.15) is 0 Å². The first-order valence-corrected chi connectivity index (χ1v) is 8.31. The van der Waals surface area contributed by atoms with Crippen molar-refractivity contribution in [2.24, 2.45) is 0 Å². The lowest BCUT2D eigenvalue weighted by molar-refractivity contribution is -0.385. The van der Waals surface area contributed by atoms with Gasteiger partial charge in [0.15, 0.2) is 11.5 Å². The monoisotopic (exact) mass is 394 g/mol. The Balaban J connectivity index is 2.40. The van der Waals surface area contributed by atoms with Crippen LogP contribution >= 0.6 is 11.6 Å². The molecular weight excluding hydrogens is 376 g/mol. The van der Waals surface area contributed by atoms with Gasteiger partial charge in [-0.1, -0.05) is 17.7 Å². The van der Waals surface area contributed by atoms with Gasteiger partial charge in [0, 0.05) is 23.9 Å². The van der Waals surface area contributed by atoms with Gasteiger partial charge in [0.1, 0.15) is 12.2 Å². The third-order valence-corrected chi connectivity index (χ3v) is 4.19. The van der Waals surface area contributed by atoms with Crippen LogP contribution in [0.4, 0.5) is 11.4 Å². The fraction of sp³-hybridized carbons (Fsp3) is 0.278. The Morgan fingerprint density at radius 3 is 2.59 bits per heavy atom. The molecule has 0 radical (unpaired) electrons. The molecule has 1 N–H and O–H groups in total. The van der Waals surface area contributed by atoms with Gasteiger partial charge in [-0.15, -0.1) is 0 Å². The molecule has 1 amide bonds. The second-order valence-corrected chi connectivity index (χ2v) is 5.89. The number of nitro groups is 1. The van der Waals surface area contributed by atoms with Crippen LogP contribution in [0.5, 0.6) is 11.5 Å². The van der Waals surface area contributed by atoms with E-state index in [4.69, 9.17) is 25.8 Å². The summed E-state index contributed by atoms with van der Waals surface area (Å²) < 4.78 is 15.5. The normalized spacial score (nSPS) is 10.4. The first-order chi connectivity index (χ1) is 12.9. The molecule has 0 bridgehead atoms. The number of methoxy groups -OCH3 is 2. The van der Waals surface area contributed by atoms with Crippen molar-refractivity contribution >= 4 is 28.9 Å². The van der Waals surface area contributed by atoms with E-state index in [2.05, 4.69) is 5.32 Å². The summed E-state index contributed by atoms with van der Waals surface area (Å²) in [7, 11) is 2.89. The van der Waals surface area contributed by atoms with Crippen LogP contribution in [0.15, 0.2) is 30.3 Å². The third-order valence-electron chi connectivity index (χ3n) is 3.78. The number of anilines is 1. The second-order valence-electron chi connectivity index (χ2n) is 5.49. The maximum Gasteiger partial charge on any atom is 0.286 e. The summed E-state index contributed by atoms with van der Waals surface area (Å²) in [6, 6.07) is 7.45. The Morgan fingerprint density at radius 1 is 1.22 bits per heavy atom. The average molecular weight is 395 g/mol. The summed E-state index contributed by atoms with van der Waals surface area (Å²) in [4.78, 5) is 23.5. The molecule has 0 aliphatic heterocycles. The highest BCUT2D eigenvalue weighted by molar-refractivity contribution is 6.31. The Hall–Kier alpha value is -2.84. The number of rotatable bonds is 8. The lowest BCUT2D eigenvalue weighted by Gasteiger charge is -2.13. The van der Waals surface area contributed by atoms with Crippen LogP contribution in [0, 0.1) is 17.0 Å². The van der Waals surface area contributed by atoms with Crippen LogP contribution in [-0.4, -0.2) is 38.3 Å². The van der Waals surface area contributed by atoms with Gasteiger partial charge in [-0.25, -0.2) is 0 Å². The second kappa shape index (κ2) is 9.20.